The third-order valence-electron chi connectivity index (χ3n) is 10.5. The summed E-state index contributed by atoms with van der Waals surface area (Å²) >= 11 is 1.84. The highest BCUT2D eigenvalue weighted by atomic mass is 32.1. The summed E-state index contributed by atoms with van der Waals surface area (Å²) in [7, 11) is 0. The molecule has 2 heterocycles. The minimum absolute atomic E-state index is 0.0176. The molecule has 9 aromatic rings. The summed E-state index contributed by atoms with van der Waals surface area (Å²) in [5.41, 5.74) is 12.9. The minimum atomic E-state index is -0.0176. The maximum Gasteiger partial charge on any atom is 0.161 e. The van der Waals surface area contributed by atoms with Crippen LogP contribution in [0.15, 0.2) is 158 Å². The predicted octanol–water partition coefficient (Wildman–Crippen LogP) is 13.0. The monoisotopic (exact) mass is 656 g/mol. The zero-order chi connectivity index (χ0) is 33.4. The number of thiophene rings is 1. The van der Waals surface area contributed by atoms with E-state index < -0.39 is 0 Å². The van der Waals surface area contributed by atoms with Crippen molar-refractivity contribution in [2.75, 3.05) is 0 Å². The molecule has 10 rings (SSSR count). The molecule has 2 nitrogen and oxygen atoms in total. The number of nitrogens with zero attached hydrogens (tertiary/aromatic N) is 2. The highest BCUT2D eigenvalue weighted by molar-refractivity contribution is 7.25. The Morgan fingerprint density at radius 1 is 0.400 bits per heavy atom. The molecule has 0 saturated carbocycles. The van der Waals surface area contributed by atoms with E-state index in [9.17, 15) is 0 Å². The van der Waals surface area contributed by atoms with Crippen LogP contribution in [0.2, 0.25) is 0 Å². The number of rotatable bonds is 4. The van der Waals surface area contributed by atoms with Crippen LogP contribution in [0.25, 0.3) is 87.1 Å². The molecule has 0 aliphatic heterocycles. The van der Waals surface area contributed by atoms with E-state index >= 15 is 0 Å². The molecule has 1 aliphatic rings. The first kappa shape index (κ1) is 29.1. The van der Waals surface area contributed by atoms with Gasteiger partial charge in [0.05, 0.1) is 11.4 Å². The van der Waals surface area contributed by atoms with Gasteiger partial charge in [0.25, 0.3) is 0 Å². The molecule has 50 heavy (non-hydrogen) atoms. The molecule has 1 aliphatic carbocycles. The molecule has 0 atom stereocenters. The second kappa shape index (κ2) is 11.1. The second-order valence-corrected chi connectivity index (χ2v) is 14.9. The molecule has 3 heteroatoms. The van der Waals surface area contributed by atoms with Crippen molar-refractivity contribution < 1.29 is 0 Å². The minimum Gasteiger partial charge on any atom is -0.228 e. The third kappa shape index (κ3) is 4.47. The SMILES string of the molecule is CC1(C)c2ccccc2-c2cc(-c3ccc(-c4nc(-c5ccccc5)cc(-c5ccc6sc7ccccc7c6c5)n4)c4ccccc34)ccc21. The maximum atomic E-state index is 5.30. The van der Waals surface area contributed by atoms with Gasteiger partial charge >= 0.3 is 0 Å². The Hall–Kier alpha value is -5.90. The third-order valence-corrected chi connectivity index (χ3v) is 11.7. The van der Waals surface area contributed by atoms with E-state index in [-0.39, 0.29) is 5.41 Å². The van der Waals surface area contributed by atoms with Crippen molar-refractivity contribution in [1.82, 2.24) is 9.97 Å². The van der Waals surface area contributed by atoms with Crippen LogP contribution in [-0.2, 0) is 5.41 Å². The Bertz CT molecular complexity index is 2790. The van der Waals surface area contributed by atoms with Gasteiger partial charge in [-0.2, -0.15) is 0 Å². The molecule has 0 saturated heterocycles. The molecule has 0 fully saturated rings. The van der Waals surface area contributed by atoms with Crippen molar-refractivity contribution in [2.24, 2.45) is 0 Å². The van der Waals surface area contributed by atoms with Gasteiger partial charge in [-0.15, -0.1) is 11.3 Å². The smallest absolute Gasteiger partial charge is 0.161 e. The largest absolute Gasteiger partial charge is 0.228 e. The van der Waals surface area contributed by atoms with Gasteiger partial charge in [0.2, 0.25) is 0 Å². The molecule has 2 aromatic heterocycles. The Balaban J connectivity index is 1.15. The summed E-state index contributed by atoms with van der Waals surface area (Å²) in [6.45, 7) is 4.67. The van der Waals surface area contributed by atoms with Gasteiger partial charge in [-0.3, -0.25) is 0 Å². The van der Waals surface area contributed by atoms with E-state index in [1.807, 2.05) is 17.4 Å². The number of fused-ring (bicyclic) bond motifs is 7. The lowest BCUT2D eigenvalue weighted by atomic mass is 9.82. The van der Waals surface area contributed by atoms with Gasteiger partial charge in [-0.1, -0.05) is 135 Å². The topological polar surface area (TPSA) is 25.8 Å². The molecular formula is C47H32N2S. The summed E-state index contributed by atoms with van der Waals surface area (Å²) in [6.07, 6.45) is 0. The van der Waals surface area contributed by atoms with Crippen LogP contribution in [0.3, 0.4) is 0 Å². The van der Waals surface area contributed by atoms with Gasteiger partial charge in [0.15, 0.2) is 5.82 Å². The lowest BCUT2D eigenvalue weighted by molar-refractivity contribution is 0.660. The van der Waals surface area contributed by atoms with E-state index in [1.165, 1.54) is 58.9 Å². The number of hydrogen-bond acceptors (Lipinski definition) is 3. The summed E-state index contributed by atoms with van der Waals surface area (Å²) in [5, 5.41) is 4.88. The van der Waals surface area contributed by atoms with Gasteiger partial charge < -0.3 is 0 Å². The maximum absolute atomic E-state index is 5.30. The zero-order valence-corrected chi connectivity index (χ0v) is 28.6. The second-order valence-electron chi connectivity index (χ2n) is 13.8. The summed E-state index contributed by atoms with van der Waals surface area (Å²) < 4.78 is 2.59. The van der Waals surface area contributed by atoms with Crippen LogP contribution in [0.4, 0.5) is 0 Å². The van der Waals surface area contributed by atoms with Crippen molar-refractivity contribution in [3.05, 3.63) is 169 Å². The fraction of sp³-hybridized carbons (Fsp3) is 0.0638. The molecule has 0 N–H and O–H groups in total. The Labute approximate surface area is 295 Å². The average Bonchev–Trinajstić information content (AvgIpc) is 3.66. The van der Waals surface area contributed by atoms with Gasteiger partial charge in [0.1, 0.15) is 0 Å². The quantitative estimate of drug-likeness (QED) is 0.188. The van der Waals surface area contributed by atoms with Crippen LogP contribution in [-0.4, -0.2) is 9.97 Å². The van der Waals surface area contributed by atoms with Crippen LogP contribution >= 0.6 is 11.3 Å². The summed E-state index contributed by atoms with van der Waals surface area (Å²) in [5.74, 6) is 0.726. The van der Waals surface area contributed by atoms with Crippen LogP contribution in [0.1, 0.15) is 25.0 Å². The van der Waals surface area contributed by atoms with E-state index in [0.29, 0.717) is 0 Å². The Kier molecular flexibility index (Phi) is 6.43. The van der Waals surface area contributed by atoms with Gasteiger partial charge in [-0.05, 0) is 80.6 Å². The van der Waals surface area contributed by atoms with E-state index in [4.69, 9.17) is 9.97 Å². The predicted molar refractivity (Wildman–Crippen MR) is 212 cm³/mol. The lowest BCUT2D eigenvalue weighted by Crippen LogP contribution is -2.14. The van der Waals surface area contributed by atoms with Crippen molar-refractivity contribution in [1.29, 1.82) is 0 Å². The highest BCUT2D eigenvalue weighted by Crippen LogP contribution is 2.50. The van der Waals surface area contributed by atoms with E-state index in [2.05, 4.69) is 166 Å². The van der Waals surface area contributed by atoms with Crippen LogP contribution in [0.5, 0.6) is 0 Å². The van der Waals surface area contributed by atoms with Crippen molar-refractivity contribution in [3.8, 4) is 56.2 Å². The Morgan fingerprint density at radius 3 is 1.86 bits per heavy atom. The zero-order valence-electron chi connectivity index (χ0n) is 27.8. The molecule has 236 valence electrons. The van der Waals surface area contributed by atoms with Crippen molar-refractivity contribution >= 4 is 42.3 Å². The highest BCUT2D eigenvalue weighted by Gasteiger charge is 2.35. The van der Waals surface area contributed by atoms with Gasteiger partial charge in [0, 0.05) is 42.3 Å². The molecule has 0 unspecified atom stereocenters. The normalized spacial score (nSPS) is 13.2. The molecule has 0 radical (unpaired) electrons. The molecule has 7 aromatic carbocycles. The summed E-state index contributed by atoms with van der Waals surface area (Å²) in [6, 6.07) is 57.0. The van der Waals surface area contributed by atoms with Gasteiger partial charge in [-0.25, -0.2) is 9.97 Å². The van der Waals surface area contributed by atoms with Crippen molar-refractivity contribution in [3.63, 3.8) is 0 Å². The molecule has 0 amide bonds. The average molecular weight is 657 g/mol. The summed E-state index contributed by atoms with van der Waals surface area (Å²) in [4.78, 5) is 10.5. The van der Waals surface area contributed by atoms with Crippen molar-refractivity contribution in [2.45, 2.75) is 19.3 Å². The number of hydrogen-bond donors (Lipinski definition) is 0. The first-order valence-electron chi connectivity index (χ1n) is 17.2. The fourth-order valence-electron chi connectivity index (χ4n) is 7.99. The first-order chi connectivity index (χ1) is 24.5. The van der Waals surface area contributed by atoms with Crippen LogP contribution in [0, 0.1) is 0 Å². The van der Waals surface area contributed by atoms with Crippen LogP contribution < -0.4 is 0 Å². The number of aromatic nitrogens is 2. The fourth-order valence-corrected chi connectivity index (χ4v) is 9.08. The molecule has 0 spiro atoms. The molecular weight excluding hydrogens is 625 g/mol. The molecule has 0 bridgehead atoms. The lowest BCUT2D eigenvalue weighted by Gasteiger charge is -2.21. The Morgan fingerprint density at radius 2 is 1.02 bits per heavy atom. The number of benzene rings is 7. The standard InChI is InChI=1S/C47H32N2S/c1-47(2)40-18-10-8-16-35(40)38-26-30(20-24-41(38)47)32-22-23-37(34-15-7-6-14-33(32)34)46-48-42(29-12-4-3-5-13-29)28-43(49-46)31-21-25-45-39(27-31)36-17-9-11-19-44(36)50-45/h3-28H,1-2H3. The first-order valence-corrected chi connectivity index (χ1v) is 18.0. The van der Waals surface area contributed by atoms with E-state index in [1.54, 1.807) is 0 Å². The van der Waals surface area contributed by atoms with E-state index in [0.717, 1.165) is 39.3 Å².